The van der Waals surface area contributed by atoms with Gasteiger partial charge in [0, 0.05) is 49.8 Å². The van der Waals surface area contributed by atoms with Crippen LogP contribution in [0.1, 0.15) is 24.5 Å². The Hall–Kier alpha value is -2.50. The number of aromatic amines is 1. The number of para-hydroxylation sites is 2. The van der Waals surface area contributed by atoms with Crippen molar-refractivity contribution in [2.75, 3.05) is 39.3 Å². The Morgan fingerprint density at radius 3 is 2.52 bits per heavy atom. The van der Waals surface area contributed by atoms with Crippen LogP contribution in [0, 0.1) is 6.92 Å². The SMILES string of the molecule is Cc1ccc2[nH]cc(CCCN3CCN(CC4Oc5ccccc5OC4C)CC3)c2c1. The molecule has 0 saturated carbocycles. The zero-order chi connectivity index (χ0) is 21.2. The van der Waals surface area contributed by atoms with Gasteiger partial charge in [0.1, 0.15) is 12.2 Å². The molecule has 0 aliphatic carbocycles. The summed E-state index contributed by atoms with van der Waals surface area (Å²) in [5, 5.41) is 1.38. The van der Waals surface area contributed by atoms with Crippen molar-refractivity contribution in [2.45, 2.75) is 38.9 Å². The third-order valence-electron chi connectivity index (χ3n) is 6.71. The van der Waals surface area contributed by atoms with Crippen molar-refractivity contribution in [2.24, 2.45) is 0 Å². The third-order valence-corrected chi connectivity index (χ3v) is 6.71. The van der Waals surface area contributed by atoms with Crippen molar-refractivity contribution >= 4 is 10.9 Å². The van der Waals surface area contributed by atoms with E-state index in [1.165, 1.54) is 35.0 Å². The number of nitrogens with one attached hydrogen (secondary N) is 1. The number of H-pyrrole nitrogens is 1. The molecule has 0 radical (unpaired) electrons. The van der Waals surface area contributed by atoms with Crippen LogP contribution in [0.2, 0.25) is 0 Å². The normalized spacial score (nSPS) is 22.1. The van der Waals surface area contributed by atoms with Crippen molar-refractivity contribution in [3.05, 3.63) is 59.8 Å². The van der Waals surface area contributed by atoms with Gasteiger partial charge in [0.15, 0.2) is 11.5 Å². The number of ether oxygens (including phenoxy) is 2. The van der Waals surface area contributed by atoms with Gasteiger partial charge >= 0.3 is 0 Å². The van der Waals surface area contributed by atoms with Gasteiger partial charge in [0.2, 0.25) is 0 Å². The van der Waals surface area contributed by atoms with Gasteiger partial charge in [-0.05, 0) is 63.1 Å². The van der Waals surface area contributed by atoms with Gasteiger partial charge in [-0.15, -0.1) is 0 Å². The van der Waals surface area contributed by atoms with Gasteiger partial charge in [0.25, 0.3) is 0 Å². The fourth-order valence-corrected chi connectivity index (χ4v) is 4.81. The molecule has 2 unspecified atom stereocenters. The predicted octanol–water partition coefficient (Wildman–Crippen LogP) is 4.26. The number of aromatic nitrogens is 1. The van der Waals surface area contributed by atoms with Crippen molar-refractivity contribution in [3.63, 3.8) is 0 Å². The average Bonchev–Trinajstić information content (AvgIpc) is 3.17. The summed E-state index contributed by atoms with van der Waals surface area (Å²) in [6, 6.07) is 14.6. The first-order valence-electron chi connectivity index (χ1n) is 11.6. The first-order valence-corrected chi connectivity index (χ1v) is 11.6. The molecule has 164 valence electrons. The maximum absolute atomic E-state index is 6.24. The zero-order valence-electron chi connectivity index (χ0n) is 18.6. The molecular formula is C26H33N3O2. The number of fused-ring (bicyclic) bond motifs is 2. The molecular weight excluding hydrogens is 386 g/mol. The second kappa shape index (κ2) is 8.93. The quantitative estimate of drug-likeness (QED) is 0.648. The van der Waals surface area contributed by atoms with Crippen molar-refractivity contribution in [3.8, 4) is 11.5 Å². The molecule has 3 heterocycles. The fraction of sp³-hybridized carbons (Fsp3) is 0.462. The Balaban J connectivity index is 1.07. The highest BCUT2D eigenvalue weighted by Gasteiger charge is 2.30. The molecule has 2 aliphatic rings. The molecule has 1 saturated heterocycles. The summed E-state index contributed by atoms with van der Waals surface area (Å²) in [6.07, 6.45) is 4.69. The summed E-state index contributed by atoms with van der Waals surface area (Å²) >= 11 is 0. The summed E-state index contributed by atoms with van der Waals surface area (Å²) in [4.78, 5) is 8.55. The molecule has 5 nitrogen and oxygen atoms in total. The standard InChI is InChI=1S/C26H33N3O2/c1-19-9-10-23-22(16-19)21(17-27-23)6-5-11-28-12-14-29(15-13-28)18-26-20(2)30-24-7-3-4-8-25(24)31-26/h3-4,7-10,16-17,20,26-27H,5-6,11-15,18H2,1-2H3. The highest BCUT2D eigenvalue weighted by Crippen LogP contribution is 2.33. The van der Waals surface area contributed by atoms with Crippen LogP contribution >= 0.6 is 0 Å². The molecule has 31 heavy (non-hydrogen) atoms. The Bertz CT molecular complexity index is 1020. The number of hydrogen-bond donors (Lipinski definition) is 1. The summed E-state index contributed by atoms with van der Waals surface area (Å²) in [7, 11) is 0. The molecule has 3 aromatic rings. The van der Waals surface area contributed by atoms with Crippen LogP contribution in [-0.2, 0) is 6.42 Å². The molecule has 2 aromatic carbocycles. The molecule has 0 spiro atoms. The highest BCUT2D eigenvalue weighted by molar-refractivity contribution is 5.83. The molecule has 0 bridgehead atoms. The van der Waals surface area contributed by atoms with E-state index in [0.717, 1.165) is 50.6 Å². The number of aryl methyl sites for hydroxylation is 2. The Morgan fingerprint density at radius 1 is 0.968 bits per heavy atom. The lowest BCUT2D eigenvalue weighted by Gasteiger charge is -2.39. The van der Waals surface area contributed by atoms with Crippen LogP contribution in [0.25, 0.3) is 10.9 Å². The second-order valence-corrected chi connectivity index (χ2v) is 9.03. The number of nitrogens with zero attached hydrogens (tertiary/aromatic N) is 2. The van der Waals surface area contributed by atoms with Crippen molar-refractivity contribution < 1.29 is 9.47 Å². The number of benzene rings is 2. The molecule has 5 rings (SSSR count). The van der Waals surface area contributed by atoms with Crippen LogP contribution < -0.4 is 9.47 Å². The van der Waals surface area contributed by atoms with E-state index in [4.69, 9.17) is 9.47 Å². The average molecular weight is 420 g/mol. The minimum absolute atomic E-state index is 0.0766. The minimum Gasteiger partial charge on any atom is -0.483 e. The lowest BCUT2D eigenvalue weighted by Crippen LogP contribution is -2.52. The molecule has 5 heteroatoms. The van der Waals surface area contributed by atoms with Crippen LogP contribution in [0.3, 0.4) is 0 Å². The molecule has 1 fully saturated rings. The van der Waals surface area contributed by atoms with Crippen LogP contribution in [0.5, 0.6) is 11.5 Å². The number of piperazine rings is 1. The molecule has 1 aromatic heterocycles. The monoisotopic (exact) mass is 419 g/mol. The minimum atomic E-state index is 0.0766. The summed E-state index contributed by atoms with van der Waals surface area (Å²) in [6.45, 7) is 10.8. The van der Waals surface area contributed by atoms with Crippen LogP contribution in [-0.4, -0.2) is 66.3 Å². The van der Waals surface area contributed by atoms with Crippen LogP contribution in [0.15, 0.2) is 48.7 Å². The second-order valence-electron chi connectivity index (χ2n) is 9.03. The maximum Gasteiger partial charge on any atom is 0.161 e. The topological polar surface area (TPSA) is 40.7 Å². The van der Waals surface area contributed by atoms with Gasteiger partial charge < -0.3 is 19.4 Å². The Labute approximate surface area is 184 Å². The van der Waals surface area contributed by atoms with Gasteiger partial charge in [-0.2, -0.15) is 0 Å². The van der Waals surface area contributed by atoms with Gasteiger partial charge in [-0.1, -0.05) is 23.8 Å². The predicted molar refractivity (Wildman–Crippen MR) is 125 cm³/mol. The van der Waals surface area contributed by atoms with E-state index >= 15 is 0 Å². The fourth-order valence-electron chi connectivity index (χ4n) is 4.81. The van der Waals surface area contributed by atoms with E-state index < -0.39 is 0 Å². The van der Waals surface area contributed by atoms with Crippen molar-refractivity contribution in [1.29, 1.82) is 0 Å². The van der Waals surface area contributed by atoms with E-state index in [1.54, 1.807) is 0 Å². The van der Waals surface area contributed by atoms with Crippen LogP contribution in [0.4, 0.5) is 0 Å². The smallest absolute Gasteiger partial charge is 0.161 e. The van der Waals surface area contributed by atoms with E-state index in [1.807, 2.05) is 24.3 Å². The van der Waals surface area contributed by atoms with Crippen molar-refractivity contribution in [1.82, 2.24) is 14.8 Å². The summed E-state index contributed by atoms with van der Waals surface area (Å²) in [5.41, 5.74) is 4.02. The van der Waals surface area contributed by atoms with E-state index in [2.05, 4.69) is 53.0 Å². The first-order chi connectivity index (χ1) is 15.2. The van der Waals surface area contributed by atoms with E-state index in [-0.39, 0.29) is 12.2 Å². The van der Waals surface area contributed by atoms with Gasteiger partial charge in [-0.25, -0.2) is 0 Å². The largest absolute Gasteiger partial charge is 0.483 e. The first kappa shape index (κ1) is 20.4. The summed E-state index contributed by atoms with van der Waals surface area (Å²) in [5.74, 6) is 1.73. The zero-order valence-corrected chi connectivity index (χ0v) is 18.6. The maximum atomic E-state index is 6.24. The molecule has 0 amide bonds. The molecule has 2 aliphatic heterocycles. The van der Waals surface area contributed by atoms with Gasteiger partial charge in [-0.3, -0.25) is 4.90 Å². The summed E-state index contributed by atoms with van der Waals surface area (Å²) < 4.78 is 12.3. The van der Waals surface area contributed by atoms with E-state index in [0.29, 0.717) is 0 Å². The lowest BCUT2D eigenvalue weighted by atomic mass is 10.1. The Kier molecular flexibility index (Phi) is 5.88. The van der Waals surface area contributed by atoms with E-state index in [9.17, 15) is 0 Å². The van der Waals surface area contributed by atoms with Gasteiger partial charge in [0.05, 0.1) is 0 Å². The highest BCUT2D eigenvalue weighted by atomic mass is 16.6. The number of rotatable bonds is 6. The molecule has 1 N–H and O–H groups in total. The number of hydrogen-bond acceptors (Lipinski definition) is 4. The third kappa shape index (κ3) is 4.58. The molecule has 2 atom stereocenters. The Morgan fingerprint density at radius 2 is 1.71 bits per heavy atom. The lowest BCUT2D eigenvalue weighted by molar-refractivity contribution is -0.000249.